The van der Waals surface area contributed by atoms with Gasteiger partial charge in [-0.3, -0.25) is 4.90 Å². The molecule has 1 fully saturated rings. The fraction of sp³-hybridized carbons (Fsp3) is 0.529. The van der Waals surface area contributed by atoms with Crippen molar-refractivity contribution in [3.8, 4) is 11.5 Å². The summed E-state index contributed by atoms with van der Waals surface area (Å²) in [6, 6.07) is 4.52. The smallest absolute Gasteiger partial charge is 0.161 e. The molecule has 1 aromatic rings. The number of hydrogen-bond acceptors (Lipinski definition) is 4. The van der Waals surface area contributed by atoms with Gasteiger partial charge in [0.1, 0.15) is 0 Å². The summed E-state index contributed by atoms with van der Waals surface area (Å²) in [6.07, 6.45) is 3.84. The van der Waals surface area contributed by atoms with Gasteiger partial charge in [-0.25, -0.2) is 0 Å². The van der Waals surface area contributed by atoms with Crippen LogP contribution in [0.4, 0.5) is 0 Å². The molecule has 0 bridgehead atoms. The topological polar surface area (TPSA) is 41.9 Å². The third kappa shape index (κ3) is 1.82. The largest absolute Gasteiger partial charge is 0.493 e. The van der Waals surface area contributed by atoms with Crippen LogP contribution >= 0.6 is 0 Å². The first-order chi connectivity index (χ1) is 10.2. The van der Waals surface area contributed by atoms with E-state index in [1.807, 2.05) is 0 Å². The summed E-state index contributed by atoms with van der Waals surface area (Å²) in [5.41, 5.74) is 4.00. The van der Waals surface area contributed by atoms with Crippen LogP contribution in [0.5, 0.6) is 11.5 Å². The Bertz CT molecular complexity index is 610. The van der Waals surface area contributed by atoms with Crippen LogP contribution in [-0.2, 0) is 6.54 Å². The summed E-state index contributed by atoms with van der Waals surface area (Å²) in [6.45, 7) is 2.02. The lowest BCUT2D eigenvalue weighted by molar-refractivity contribution is 0.0828. The van der Waals surface area contributed by atoms with E-state index in [2.05, 4.69) is 23.1 Å². The van der Waals surface area contributed by atoms with Crippen LogP contribution in [0.25, 0.3) is 0 Å². The van der Waals surface area contributed by atoms with Crippen LogP contribution < -0.4 is 9.47 Å². The predicted octanol–water partition coefficient (Wildman–Crippen LogP) is 2.07. The first-order valence-electron chi connectivity index (χ1n) is 7.58. The summed E-state index contributed by atoms with van der Waals surface area (Å²) in [5, 5.41) is 10.6. The fourth-order valence-corrected chi connectivity index (χ4v) is 4.26. The molecule has 3 aliphatic rings. The van der Waals surface area contributed by atoms with E-state index in [1.165, 1.54) is 16.7 Å². The second-order valence-corrected chi connectivity index (χ2v) is 6.18. The van der Waals surface area contributed by atoms with Crippen molar-refractivity contribution in [2.45, 2.75) is 37.5 Å². The van der Waals surface area contributed by atoms with Crippen molar-refractivity contribution < 1.29 is 14.6 Å². The summed E-state index contributed by atoms with van der Waals surface area (Å²) < 4.78 is 10.9. The molecule has 4 nitrogen and oxygen atoms in total. The molecule has 4 rings (SSSR count). The molecule has 112 valence electrons. The number of aliphatic hydroxyl groups excluding tert-OH is 1. The minimum absolute atomic E-state index is 0.163. The van der Waals surface area contributed by atoms with Crippen molar-refractivity contribution in [3.63, 3.8) is 0 Å². The van der Waals surface area contributed by atoms with Crippen LogP contribution in [0.3, 0.4) is 0 Å². The van der Waals surface area contributed by atoms with E-state index in [0.29, 0.717) is 6.04 Å². The van der Waals surface area contributed by atoms with Gasteiger partial charge in [-0.05, 0) is 36.1 Å². The number of methoxy groups -OCH3 is 2. The second-order valence-electron chi connectivity index (χ2n) is 6.18. The maximum atomic E-state index is 10.6. The van der Waals surface area contributed by atoms with Gasteiger partial charge in [-0.2, -0.15) is 0 Å². The first-order valence-corrected chi connectivity index (χ1v) is 7.58. The Morgan fingerprint density at radius 1 is 1.19 bits per heavy atom. The Hall–Kier alpha value is -1.52. The minimum Gasteiger partial charge on any atom is -0.493 e. The van der Waals surface area contributed by atoms with Gasteiger partial charge in [0.2, 0.25) is 0 Å². The number of benzene rings is 1. The summed E-state index contributed by atoms with van der Waals surface area (Å²) in [4.78, 5) is 2.49. The van der Waals surface area contributed by atoms with Gasteiger partial charge in [-0.15, -0.1) is 0 Å². The number of fused-ring (bicyclic) bond motifs is 2. The molecule has 1 saturated heterocycles. The monoisotopic (exact) mass is 287 g/mol. The van der Waals surface area contributed by atoms with E-state index in [4.69, 9.17) is 9.47 Å². The van der Waals surface area contributed by atoms with E-state index < -0.39 is 0 Å². The standard InChI is InChI=1S/C17H21NO3/c1-20-14-7-11-9-18-6-5-10-3-4-13(19)16(17(10)18)12(11)8-15(14)21-2/h3,7-8,13,16-17,19H,4-6,9H2,1-2H3. The van der Waals surface area contributed by atoms with Crippen molar-refractivity contribution in [1.29, 1.82) is 0 Å². The van der Waals surface area contributed by atoms with Gasteiger partial charge in [0.05, 0.1) is 20.3 Å². The van der Waals surface area contributed by atoms with Gasteiger partial charge >= 0.3 is 0 Å². The van der Waals surface area contributed by atoms with Gasteiger partial charge in [0.15, 0.2) is 11.5 Å². The number of aliphatic hydroxyl groups is 1. The molecule has 3 atom stereocenters. The third-order valence-electron chi connectivity index (χ3n) is 5.22. The van der Waals surface area contributed by atoms with E-state index >= 15 is 0 Å². The lowest BCUT2D eigenvalue weighted by Gasteiger charge is -2.43. The van der Waals surface area contributed by atoms with Crippen molar-refractivity contribution >= 4 is 0 Å². The molecule has 21 heavy (non-hydrogen) atoms. The average molecular weight is 287 g/mol. The first kappa shape index (κ1) is 13.2. The molecule has 0 radical (unpaired) electrons. The van der Waals surface area contributed by atoms with E-state index in [1.54, 1.807) is 14.2 Å². The molecule has 2 heterocycles. The normalized spacial score (nSPS) is 30.4. The molecular formula is C17H21NO3. The van der Waals surface area contributed by atoms with Gasteiger partial charge in [0.25, 0.3) is 0 Å². The molecule has 1 aliphatic carbocycles. The number of nitrogens with zero attached hydrogens (tertiary/aromatic N) is 1. The molecule has 0 saturated carbocycles. The number of rotatable bonds is 2. The quantitative estimate of drug-likeness (QED) is 0.846. The molecule has 0 aromatic heterocycles. The van der Waals surface area contributed by atoms with Gasteiger partial charge < -0.3 is 14.6 Å². The lowest BCUT2D eigenvalue weighted by Crippen LogP contribution is -2.45. The Morgan fingerprint density at radius 3 is 2.71 bits per heavy atom. The molecule has 0 spiro atoms. The second kappa shape index (κ2) is 4.75. The molecule has 1 aromatic carbocycles. The van der Waals surface area contributed by atoms with E-state index in [9.17, 15) is 5.11 Å². The lowest BCUT2D eigenvalue weighted by atomic mass is 9.74. The molecule has 2 aliphatic heterocycles. The highest BCUT2D eigenvalue weighted by molar-refractivity contribution is 5.52. The van der Waals surface area contributed by atoms with Crippen LogP contribution in [0.1, 0.15) is 29.9 Å². The Labute approximate surface area is 125 Å². The average Bonchev–Trinajstić information content (AvgIpc) is 2.92. The summed E-state index contributed by atoms with van der Waals surface area (Å²) >= 11 is 0. The summed E-state index contributed by atoms with van der Waals surface area (Å²) in [5.74, 6) is 1.69. The molecule has 4 heteroatoms. The van der Waals surface area contributed by atoms with Crippen molar-refractivity contribution in [1.82, 2.24) is 4.90 Å². The van der Waals surface area contributed by atoms with Gasteiger partial charge in [0, 0.05) is 25.0 Å². The van der Waals surface area contributed by atoms with Crippen LogP contribution in [0.15, 0.2) is 23.8 Å². The highest BCUT2D eigenvalue weighted by Crippen LogP contribution is 2.48. The maximum absolute atomic E-state index is 10.6. The molecule has 1 N–H and O–H groups in total. The minimum atomic E-state index is -0.309. The molecular weight excluding hydrogens is 266 g/mol. The van der Waals surface area contributed by atoms with E-state index in [0.717, 1.165) is 37.4 Å². The summed E-state index contributed by atoms with van der Waals surface area (Å²) in [7, 11) is 3.33. The highest BCUT2D eigenvalue weighted by atomic mass is 16.5. The fourth-order valence-electron chi connectivity index (χ4n) is 4.26. The van der Waals surface area contributed by atoms with Crippen LogP contribution in [0, 0.1) is 0 Å². The van der Waals surface area contributed by atoms with Crippen LogP contribution in [0.2, 0.25) is 0 Å². The van der Waals surface area contributed by atoms with Crippen molar-refractivity contribution in [3.05, 3.63) is 34.9 Å². The third-order valence-corrected chi connectivity index (χ3v) is 5.22. The Morgan fingerprint density at radius 2 is 1.95 bits per heavy atom. The van der Waals surface area contributed by atoms with Gasteiger partial charge in [-0.1, -0.05) is 11.6 Å². The Kier molecular flexibility index (Phi) is 2.98. The maximum Gasteiger partial charge on any atom is 0.161 e. The zero-order chi connectivity index (χ0) is 14.6. The molecule has 0 amide bonds. The number of hydrogen-bond donors (Lipinski definition) is 1. The van der Waals surface area contributed by atoms with Crippen molar-refractivity contribution in [2.75, 3.05) is 20.8 Å². The van der Waals surface area contributed by atoms with E-state index in [-0.39, 0.29) is 12.0 Å². The zero-order valence-corrected chi connectivity index (χ0v) is 12.5. The SMILES string of the molecule is COc1cc2c(cc1OC)C1C(O)CC=C3CCN(C2)C31. The molecule has 3 unspecified atom stereocenters. The van der Waals surface area contributed by atoms with Crippen molar-refractivity contribution in [2.24, 2.45) is 0 Å². The number of ether oxygens (including phenoxy) is 2. The van der Waals surface area contributed by atoms with Crippen LogP contribution in [-0.4, -0.2) is 42.9 Å². The predicted molar refractivity (Wildman–Crippen MR) is 79.8 cm³/mol. The zero-order valence-electron chi connectivity index (χ0n) is 12.5. The Balaban J connectivity index is 1.86. The highest BCUT2D eigenvalue weighted by Gasteiger charge is 2.45.